The van der Waals surface area contributed by atoms with Gasteiger partial charge in [-0.15, -0.1) is 0 Å². The highest BCUT2D eigenvalue weighted by atomic mass is 16.2. The molecule has 1 amide bonds. The fourth-order valence-corrected chi connectivity index (χ4v) is 3.25. The summed E-state index contributed by atoms with van der Waals surface area (Å²) in [6.45, 7) is 8.30. The molecular formula is C21H35N5O. The van der Waals surface area contributed by atoms with Crippen LogP contribution in [0.3, 0.4) is 0 Å². The third kappa shape index (κ3) is 8.43. The van der Waals surface area contributed by atoms with Gasteiger partial charge in [-0.2, -0.15) is 0 Å². The summed E-state index contributed by atoms with van der Waals surface area (Å²) in [5.41, 5.74) is 1.15. The number of nitrogens with one attached hydrogen (secondary N) is 2. The average molecular weight is 374 g/mol. The van der Waals surface area contributed by atoms with E-state index in [-0.39, 0.29) is 5.91 Å². The highest BCUT2D eigenvalue weighted by Crippen LogP contribution is 2.07. The van der Waals surface area contributed by atoms with Gasteiger partial charge in [0, 0.05) is 39.6 Å². The van der Waals surface area contributed by atoms with Crippen molar-refractivity contribution >= 4 is 11.9 Å². The lowest BCUT2D eigenvalue weighted by atomic mass is 10.1. The van der Waals surface area contributed by atoms with Crippen LogP contribution in [-0.2, 0) is 11.3 Å². The van der Waals surface area contributed by atoms with Gasteiger partial charge < -0.3 is 20.4 Å². The van der Waals surface area contributed by atoms with E-state index >= 15 is 0 Å². The molecule has 1 aliphatic heterocycles. The predicted molar refractivity (Wildman–Crippen MR) is 112 cm³/mol. The van der Waals surface area contributed by atoms with E-state index < -0.39 is 0 Å². The Balaban J connectivity index is 1.69. The van der Waals surface area contributed by atoms with Crippen LogP contribution in [0.25, 0.3) is 0 Å². The summed E-state index contributed by atoms with van der Waals surface area (Å²) >= 11 is 0. The average Bonchev–Trinajstić information content (AvgIpc) is 2.69. The van der Waals surface area contributed by atoms with Crippen molar-refractivity contribution in [2.45, 2.75) is 39.2 Å². The highest BCUT2D eigenvalue weighted by Gasteiger charge is 2.10. The van der Waals surface area contributed by atoms with Gasteiger partial charge in [-0.1, -0.05) is 36.8 Å². The van der Waals surface area contributed by atoms with Gasteiger partial charge in [0.1, 0.15) is 0 Å². The molecule has 0 bridgehead atoms. The van der Waals surface area contributed by atoms with Gasteiger partial charge in [0.05, 0.1) is 6.54 Å². The van der Waals surface area contributed by atoms with Crippen molar-refractivity contribution in [3.8, 4) is 0 Å². The summed E-state index contributed by atoms with van der Waals surface area (Å²) in [5, 5.41) is 6.54. The van der Waals surface area contributed by atoms with E-state index in [0.717, 1.165) is 31.2 Å². The van der Waals surface area contributed by atoms with Crippen molar-refractivity contribution in [2.24, 2.45) is 4.99 Å². The molecule has 1 saturated heterocycles. The Hall–Kier alpha value is -2.08. The molecule has 0 saturated carbocycles. The summed E-state index contributed by atoms with van der Waals surface area (Å²) in [6, 6.07) is 10.1. The van der Waals surface area contributed by atoms with Crippen LogP contribution < -0.4 is 10.6 Å². The predicted octanol–water partition coefficient (Wildman–Crippen LogP) is 2.08. The normalized spacial score (nSPS) is 15.4. The minimum Gasteiger partial charge on any atom is -0.357 e. The van der Waals surface area contributed by atoms with Crippen LogP contribution in [-0.4, -0.2) is 68.0 Å². The Morgan fingerprint density at radius 3 is 2.59 bits per heavy atom. The SMILES string of the molecule is CCNC(=NCCN1CCCCC1)NCCC(=O)N(C)Cc1ccccc1. The van der Waals surface area contributed by atoms with Gasteiger partial charge in [0.2, 0.25) is 5.91 Å². The molecule has 0 atom stereocenters. The first kappa shape index (κ1) is 21.2. The van der Waals surface area contributed by atoms with E-state index in [1.165, 1.54) is 32.4 Å². The highest BCUT2D eigenvalue weighted by molar-refractivity contribution is 5.81. The zero-order valence-corrected chi connectivity index (χ0v) is 16.9. The minimum absolute atomic E-state index is 0.135. The van der Waals surface area contributed by atoms with Gasteiger partial charge in [0.15, 0.2) is 5.96 Å². The molecule has 6 nitrogen and oxygen atoms in total. The number of aliphatic imine (C=N–C) groups is 1. The van der Waals surface area contributed by atoms with Crippen molar-refractivity contribution in [3.05, 3.63) is 35.9 Å². The number of rotatable bonds is 9. The molecule has 1 fully saturated rings. The van der Waals surface area contributed by atoms with Crippen molar-refractivity contribution < 1.29 is 4.79 Å². The number of carbonyl (C=O) groups is 1. The van der Waals surface area contributed by atoms with Gasteiger partial charge in [-0.3, -0.25) is 9.79 Å². The van der Waals surface area contributed by atoms with E-state index in [2.05, 4.69) is 27.4 Å². The first-order chi connectivity index (χ1) is 13.2. The number of hydrogen-bond acceptors (Lipinski definition) is 3. The lowest BCUT2D eigenvalue weighted by molar-refractivity contribution is -0.130. The molecule has 1 aromatic carbocycles. The van der Waals surface area contributed by atoms with E-state index in [1.54, 1.807) is 4.90 Å². The van der Waals surface area contributed by atoms with Crippen molar-refractivity contribution in [3.63, 3.8) is 0 Å². The van der Waals surface area contributed by atoms with Crippen LogP contribution in [0.2, 0.25) is 0 Å². The van der Waals surface area contributed by atoms with E-state index in [1.807, 2.05) is 37.4 Å². The second-order valence-corrected chi connectivity index (χ2v) is 7.08. The third-order valence-corrected chi connectivity index (χ3v) is 4.80. The fraction of sp³-hybridized carbons (Fsp3) is 0.619. The summed E-state index contributed by atoms with van der Waals surface area (Å²) < 4.78 is 0. The van der Waals surface area contributed by atoms with E-state index in [4.69, 9.17) is 0 Å². The number of guanidine groups is 1. The van der Waals surface area contributed by atoms with Crippen LogP contribution in [0.5, 0.6) is 0 Å². The second-order valence-electron chi connectivity index (χ2n) is 7.08. The smallest absolute Gasteiger partial charge is 0.224 e. The largest absolute Gasteiger partial charge is 0.357 e. The van der Waals surface area contributed by atoms with Crippen LogP contribution in [0.1, 0.15) is 38.2 Å². The molecule has 2 rings (SSSR count). The molecular weight excluding hydrogens is 338 g/mol. The second kappa shape index (κ2) is 12.3. The van der Waals surface area contributed by atoms with Crippen molar-refractivity contribution in [1.29, 1.82) is 0 Å². The lowest BCUT2D eigenvalue weighted by Gasteiger charge is -2.25. The molecule has 1 heterocycles. The molecule has 0 unspecified atom stereocenters. The molecule has 0 aromatic heterocycles. The first-order valence-electron chi connectivity index (χ1n) is 10.2. The molecule has 0 spiro atoms. The van der Waals surface area contributed by atoms with Crippen LogP contribution in [0.4, 0.5) is 0 Å². The number of hydrogen-bond donors (Lipinski definition) is 2. The van der Waals surface area contributed by atoms with E-state index in [9.17, 15) is 4.79 Å². The number of piperidine rings is 1. The number of amides is 1. The van der Waals surface area contributed by atoms with Gasteiger partial charge >= 0.3 is 0 Å². The van der Waals surface area contributed by atoms with Gasteiger partial charge in [-0.25, -0.2) is 0 Å². The standard InChI is InChI=1S/C21H35N5O/c1-3-22-21(24-14-17-26-15-8-5-9-16-26)23-13-12-20(27)25(2)18-19-10-6-4-7-11-19/h4,6-7,10-11H,3,5,8-9,12-18H2,1-2H3,(H2,22,23,24). The quantitative estimate of drug-likeness (QED) is 0.514. The Labute approximate surface area is 164 Å². The zero-order valence-electron chi connectivity index (χ0n) is 16.9. The lowest BCUT2D eigenvalue weighted by Crippen LogP contribution is -2.40. The van der Waals surface area contributed by atoms with Crippen molar-refractivity contribution in [1.82, 2.24) is 20.4 Å². The number of likely N-dealkylation sites (tertiary alicyclic amines) is 1. The maximum Gasteiger partial charge on any atom is 0.224 e. The Kier molecular flexibility index (Phi) is 9.69. The molecule has 6 heteroatoms. The molecule has 0 radical (unpaired) electrons. The molecule has 1 aliphatic rings. The Morgan fingerprint density at radius 2 is 1.89 bits per heavy atom. The summed E-state index contributed by atoms with van der Waals surface area (Å²) in [6.07, 6.45) is 4.43. The molecule has 0 aliphatic carbocycles. The topological polar surface area (TPSA) is 60.0 Å². The molecule has 27 heavy (non-hydrogen) atoms. The first-order valence-corrected chi connectivity index (χ1v) is 10.2. The number of carbonyl (C=O) groups excluding carboxylic acids is 1. The summed E-state index contributed by atoms with van der Waals surface area (Å²) in [7, 11) is 1.85. The van der Waals surface area contributed by atoms with Crippen LogP contribution in [0.15, 0.2) is 35.3 Å². The van der Waals surface area contributed by atoms with Gasteiger partial charge in [0.25, 0.3) is 0 Å². The van der Waals surface area contributed by atoms with Crippen LogP contribution >= 0.6 is 0 Å². The Bertz CT molecular complexity index is 569. The van der Waals surface area contributed by atoms with Gasteiger partial charge in [-0.05, 0) is 38.4 Å². The van der Waals surface area contributed by atoms with Crippen LogP contribution in [0, 0.1) is 0 Å². The Morgan fingerprint density at radius 1 is 1.15 bits per heavy atom. The molecule has 150 valence electrons. The fourth-order valence-electron chi connectivity index (χ4n) is 3.25. The maximum absolute atomic E-state index is 12.3. The van der Waals surface area contributed by atoms with E-state index in [0.29, 0.717) is 19.5 Å². The molecule has 2 N–H and O–H groups in total. The summed E-state index contributed by atoms with van der Waals surface area (Å²) in [5.74, 6) is 0.934. The van der Waals surface area contributed by atoms with Crippen molar-refractivity contribution in [2.75, 3.05) is 46.3 Å². The maximum atomic E-state index is 12.3. The third-order valence-electron chi connectivity index (χ3n) is 4.80. The monoisotopic (exact) mass is 373 g/mol. The molecule has 1 aromatic rings. The number of nitrogens with zero attached hydrogens (tertiary/aromatic N) is 3. The zero-order chi connectivity index (χ0) is 19.3. The summed E-state index contributed by atoms with van der Waals surface area (Å²) in [4.78, 5) is 21.2. The minimum atomic E-state index is 0.135. The number of benzene rings is 1.